The van der Waals surface area contributed by atoms with Gasteiger partial charge in [0.25, 0.3) is 11.5 Å². The molecule has 3 rings (SSSR count). The average molecular weight is 379 g/mol. The summed E-state index contributed by atoms with van der Waals surface area (Å²) in [7, 11) is 0. The number of hydrazone groups is 1. The molecule has 3 N–H and O–H groups in total. The number of aryl methyl sites for hydroxylation is 2. The molecule has 0 unspecified atom stereocenters. The molecule has 3 aromatic rings. The molecule has 9 nitrogen and oxygen atoms in total. The maximum absolute atomic E-state index is 12.2. The summed E-state index contributed by atoms with van der Waals surface area (Å²) >= 11 is 0. The Labute approximate surface area is 159 Å². The fraction of sp³-hybridized carbons (Fsp3) is 0.105. The van der Waals surface area contributed by atoms with Crippen molar-refractivity contribution in [3.63, 3.8) is 0 Å². The molecule has 1 amide bonds. The average Bonchev–Trinajstić information content (AvgIpc) is 2.67. The summed E-state index contributed by atoms with van der Waals surface area (Å²) in [6, 6.07) is 8.28. The molecular formula is C19H17N5O4. The van der Waals surface area contributed by atoms with Crippen LogP contribution in [0, 0.1) is 13.8 Å². The standard InChI is InChI=1S/C19H17N5O4/c1-11-5-6-14(8-12(11)2)24-18(27)15(17(26)22-19(24)28)10-21-23-16(25)13-4-3-7-20-9-13/h3-10,27H,1-2H3,(H,23,25)(H,22,26,28)/b21-10+. The minimum atomic E-state index is -0.832. The lowest BCUT2D eigenvalue weighted by Crippen LogP contribution is -2.31. The molecule has 0 fully saturated rings. The van der Waals surface area contributed by atoms with E-state index in [-0.39, 0.29) is 11.1 Å². The SMILES string of the molecule is Cc1ccc(-n2c(O)c(/C=N/NC(=O)c3cccnc3)c(=O)[nH]c2=O)cc1C. The van der Waals surface area contributed by atoms with Gasteiger partial charge in [0.05, 0.1) is 17.5 Å². The van der Waals surface area contributed by atoms with E-state index in [0.29, 0.717) is 5.69 Å². The Bertz CT molecular complexity index is 1180. The largest absolute Gasteiger partial charge is 0.493 e. The van der Waals surface area contributed by atoms with Crippen molar-refractivity contribution < 1.29 is 9.90 Å². The number of carbonyl (C=O) groups excluding carboxylic acids is 1. The summed E-state index contributed by atoms with van der Waals surface area (Å²) in [4.78, 5) is 42.2. The van der Waals surface area contributed by atoms with Crippen LogP contribution in [0.4, 0.5) is 0 Å². The van der Waals surface area contributed by atoms with E-state index in [4.69, 9.17) is 0 Å². The van der Waals surface area contributed by atoms with Crippen LogP contribution in [0.25, 0.3) is 5.69 Å². The first kappa shape index (κ1) is 18.8. The number of pyridine rings is 1. The summed E-state index contributed by atoms with van der Waals surface area (Å²) in [6.45, 7) is 3.78. The first-order valence-corrected chi connectivity index (χ1v) is 8.28. The third-order valence-corrected chi connectivity index (χ3v) is 4.15. The molecule has 0 aliphatic rings. The van der Waals surface area contributed by atoms with E-state index in [1.807, 2.05) is 13.8 Å². The number of nitrogens with one attached hydrogen (secondary N) is 2. The summed E-state index contributed by atoms with van der Waals surface area (Å²) in [5, 5.41) is 14.2. The predicted octanol–water partition coefficient (Wildman–Crippen LogP) is 1.01. The van der Waals surface area contributed by atoms with Gasteiger partial charge in [0.15, 0.2) is 0 Å². The van der Waals surface area contributed by atoms with E-state index in [9.17, 15) is 19.5 Å². The molecular weight excluding hydrogens is 362 g/mol. The van der Waals surface area contributed by atoms with Gasteiger partial charge in [-0.1, -0.05) is 6.07 Å². The molecule has 0 saturated heterocycles. The molecule has 0 atom stereocenters. The number of benzene rings is 1. The zero-order valence-electron chi connectivity index (χ0n) is 15.1. The quantitative estimate of drug-likeness (QED) is 0.460. The third-order valence-electron chi connectivity index (χ3n) is 4.15. The zero-order valence-corrected chi connectivity index (χ0v) is 15.1. The molecule has 142 valence electrons. The minimum Gasteiger partial charge on any atom is -0.493 e. The fourth-order valence-corrected chi connectivity index (χ4v) is 2.48. The lowest BCUT2D eigenvalue weighted by atomic mass is 10.1. The molecule has 0 bridgehead atoms. The smallest absolute Gasteiger partial charge is 0.335 e. The number of H-pyrrole nitrogens is 1. The molecule has 0 saturated carbocycles. The van der Waals surface area contributed by atoms with Crippen LogP contribution in [0.3, 0.4) is 0 Å². The summed E-state index contributed by atoms with van der Waals surface area (Å²) in [6.07, 6.45) is 3.85. The molecule has 9 heteroatoms. The normalized spacial score (nSPS) is 10.9. The highest BCUT2D eigenvalue weighted by Crippen LogP contribution is 2.18. The monoisotopic (exact) mass is 379 g/mol. The highest BCUT2D eigenvalue weighted by Gasteiger charge is 2.15. The number of hydrogen-bond donors (Lipinski definition) is 3. The van der Waals surface area contributed by atoms with Gasteiger partial charge >= 0.3 is 5.69 Å². The van der Waals surface area contributed by atoms with Gasteiger partial charge in [-0.15, -0.1) is 0 Å². The van der Waals surface area contributed by atoms with Crippen LogP contribution in [0.5, 0.6) is 5.88 Å². The highest BCUT2D eigenvalue weighted by atomic mass is 16.3. The van der Waals surface area contributed by atoms with Gasteiger partial charge in [-0.05, 0) is 49.2 Å². The molecule has 0 radical (unpaired) electrons. The molecule has 0 aliphatic carbocycles. The van der Waals surface area contributed by atoms with Gasteiger partial charge in [-0.25, -0.2) is 14.8 Å². The van der Waals surface area contributed by atoms with Crippen molar-refractivity contribution in [2.24, 2.45) is 5.10 Å². The van der Waals surface area contributed by atoms with Crippen molar-refractivity contribution in [1.29, 1.82) is 0 Å². The number of aromatic nitrogens is 3. The molecule has 2 heterocycles. The summed E-state index contributed by atoms with van der Waals surface area (Å²) < 4.78 is 0.956. The van der Waals surface area contributed by atoms with Crippen LogP contribution in [0.15, 0.2) is 57.4 Å². The maximum Gasteiger partial charge on any atom is 0.335 e. The van der Waals surface area contributed by atoms with Crippen molar-refractivity contribution in [3.8, 4) is 11.6 Å². The van der Waals surface area contributed by atoms with Gasteiger partial charge in [0.2, 0.25) is 5.88 Å². The van der Waals surface area contributed by atoms with Gasteiger partial charge < -0.3 is 5.11 Å². The lowest BCUT2D eigenvalue weighted by Gasteiger charge is -2.11. The number of nitrogens with zero attached hydrogens (tertiary/aromatic N) is 3. The minimum absolute atomic E-state index is 0.274. The van der Waals surface area contributed by atoms with Crippen molar-refractivity contribution in [1.82, 2.24) is 20.0 Å². The van der Waals surface area contributed by atoms with E-state index in [2.05, 4.69) is 20.5 Å². The summed E-state index contributed by atoms with van der Waals surface area (Å²) in [5.41, 5.74) is 2.92. The molecule has 28 heavy (non-hydrogen) atoms. The van der Waals surface area contributed by atoms with Crippen LogP contribution in [-0.4, -0.2) is 31.8 Å². The second-order valence-electron chi connectivity index (χ2n) is 6.04. The number of aromatic hydroxyl groups is 1. The first-order chi connectivity index (χ1) is 13.4. The number of carbonyl (C=O) groups is 1. The lowest BCUT2D eigenvalue weighted by molar-refractivity contribution is 0.0954. The molecule has 0 aliphatic heterocycles. The molecule has 1 aromatic carbocycles. The topological polar surface area (TPSA) is 129 Å². The molecule has 2 aromatic heterocycles. The van der Waals surface area contributed by atoms with Crippen LogP contribution in [0.2, 0.25) is 0 Å². The van der Waals surface area contributed by atoms with Crippen LogP contribution >= 0.6 is 0 Å². The Morgan fingerprint density at radius 1 is 1.25 bits per heavy atom. The van der Waals surface area contributed by atoms with E-state index in [0.717, 1.165) is 21.9 Å². The van der Waals surface area contributed by atoms with Gasteiger partial charge in [-0.2, -0.15) is 5.10 Å². The van der Waals surface area contributed by atoms with Crippen LogP contribution in [-0.2, 0) is 0 Å². The second-order valence-corrected chi connectivity index (χ2v) is 6.04. The Morgan fingerprint density at radius 2 is 2.04 bits per heavy atom. The van der Waals surface area contributed by atoms with E-state index in [1.54, 1.807) is 30.3 Å². The van der Waals surface area contributed by atoms with Gasteiger partial charge in [0.1, 0.15) is 5.56 Å². The van der Waals surface area contributed by atoms with Crippen molar-refractivity contribution in [3.05, 3.63) is 85.8 Å². The number of rotatable bonds is 4. The third kappa shape index (κ3) is 3.73. The van der Waals surface area contributed by atoms with Gasteiger partial charge in [-0.3, -0.25) is 19.6 Å². The van der Waals surface area contributed by atoms with E-state index in [1.165, 1.54) is 12.4 Å². The number of aromatic amines is 1. The van der Waals surface area contributed by atoms with Gasteiger partial charge in [0, 0.05) is 12.4 Å². The molecule has 0 spiro atoms. The number of hydrogen-bond acceptors (Lipinski definition) is 6. The Kier molecular flexibility index (Phi) is 5.16. The summed E-state index contributed by atoms with van der Waals surface area (Å²) in [5.74, 6) is -1.13. The van der Waals surface area contributed by atoms with E-state index < -0.39 is 23.0 Å². The zero-order chi connectivity index (χ0) is 20.3. The Morgan fingerprint density at radius 3 is 2.71 bits per heavy atom. The highest BCUT2D eigenvalue weighted by molar-refractivity contribution is 5.94. The van der Waals surface area contributed by atoms with Crippen molar-refractivity contribution >= 4 is 12.1 Å². The fourth-order valence-electron chi connectivity index (χ4n) is 2.48. The Balaban J connectivity index is 1.96. The second kappa shape index (κ2) is 7.70. The van der Waals surface area contributed by atoms with Crippen molar-refractivity contribution in [2.45, 2.75) is 13.8 Å². The van der Waals surface area contributed by atoms with Crippen molar-refractivity contribution in [2.75, 3.05) is 0 Å². The van der Waals surface area contributed by atoms with Crippen LogP contribution < -0.4 is 16.7 Å². The van der Waals surface area contributed by atoms with Crippen LogP contribution in [0.1, 0.15) is 27.0 Å². The first-order valence-electron chi connectivity index (χ1n) is 8.28. The Hall–Kier alpha value is -4.01. The van der Waals surface area contributed by atoms with E-state index >= 15 is 0 Å². The predicted molar refractivity (Wildman–Crippen MR) is 103 cm³/mol. The maximum atomic E-state index is 12.2. The number of amides is 1.